The third-order valence-electron chi connectivity index (χ3n) is 4.08. The van der Waals surface area contributed by atoms with Gasteiger partial charge in [-0.1, -0.05) is 24.3 Å². The normalized spacial score (nSPS) is 15.2. The molecule has 9 heteroatoms. The van der Waals surface area contributed by atoms with Gasteiger partial charge >= 0.3 is 6.01 Å². The zero-order valence-corrected chi connectivity index (χ0v) is 16.3. The zero-order chi connectivity index (χ0) is 20.1. The average molecular weight is 403 g/mol. The molecule has 1 saturated carbocycles. The number of sulfone groups is 1. The highest BCUT2D eigenvalue weighted by Gasteiger charge is 2.32. The van der Waals surface area contributed by atoms with Gasteiger partial charge in [-0.15, -0.1) is 0 Å². The topological polar surface area (TPSA) is 107 Å². The fraction of sp³-hybridized carbons (Fsp3) is 0.316. The van der Waals surface area contributed by atoms with Crippen molar-refractivity contribution in [3.8, 4) is 17.6 Å². The number of methoxy groups -OCH3 is 1. The van der Waals surface area contributed by atoms with Crippen LogP contribution < -0.4 is 14.8 Å². The van der Waals surface area contributed by atoms with Crippen molar-refractivity contribution in [1.82, 2.24) is 15.3 Å². The van der Waals surface area contributed by atoms with Crippen LogP contribution in [0.25, 0.3) is 0 Å². The van der Waals surface area contributed by atoms with E-state index in [4.69, 9.17) is 9.47 Å². The Kier molecular flexibility index (Phi) is 5.93. The lowest BCUT2D eigenvalue weighted by atomic mass is 10.1. The monoisotopic (exact) mass is 403 g/mol. The van der Waals surface area contributed by atoms with Gasteiger partial charge < -0.3 is 14.8 Å². The van der Waals surface area contributed by atoms with Crippen LogP contribution in [0.1, 0.15) is 23.2 Å². The first-order valence-electron chi connectivity index (χ1n) is 8.69. The number of benzene rings is 1. The van der Waals surface area contributed by atoms with E-state index in [0.29, 0.717) is 5.75 Å². The molecule has 0 unspecified atom stereocenters. The number of carbonyl (C=O) groups excluding carboxylic acids is 1. The summed E-state index contributed by atoms with van der Waals surface area (Å²) in [5.41, 5.74) is 0.128. The first kappa shape index (κ1) is 19.8. The molecular formula is C19H21N3O5S. The molecule has 0 spiro atoms. The molecule has 1 aromatic heterocycles. The third-order valence-corrected chi connectivity index (χ3v) is 4.73. The number of nitrogens with one attached hydrogen (secondary N) is 1. The van der Waals surface area contributed by atoms with Crippen LogP contribution >= 0.6 is 0 Å². The van der Waals surface area contributed by atoms with E-state index in [1.54, 1.807) is 24.3 Å². The van der Waals surface area contributed by atoms with Crippen molar-refractivity contribution in [2.45, 2.75) is 18.9 Å². The molecule has 0 aliphatic heterocycles. The Morgan fingerprint density at radius 1 is 1.29 bits per heavy atom. The number of nitrogens with zero attached hydrogens (tertiary/aromatic N) is 2. The van der Waals surface area contributed by atoms with Crippen molar-refractivity contribution in [2.75, 3.05) is 13.4 Å². The quantitative estimate of drug-likeness (QED) is 0.721. The van der Waals surface area contributed by atoms with Gasteiger partial charge in [-0.3, -0.25) is 4.79 Å². The molecule has 148 valence electrons. The van der Waals surface area contributed by atoms with Gasteiger partial charge in [0.25, 0.3) is 5.91 Å². The molecule has 1 atom stereocenters. The van der Waals surface area contributed by atoms with Gasteiger partial charge in [-0.2, -0.15) is 4.98 Å². The Hall–Kier alpha value is -2.94. The van der Waals surface area contributed by atoms with Crippen LogP contribution in [0.4, 0.5) is 0 Å². The number of rotatable bonds is 8. The van der Waals surface area contributed by atoms with Crippen molar-refractivity contribution in [2.24, 2.45) is 5.92 Å². The van der Waals surface area contributed by atoms with E-state index in [9.17, 15) is 13.2 Å². The highest BCUT2D eigenvalue weighted by Crippen LogP contribution is 2.34. The minimum atomic E-state index is -3.28. The highest BCUT2D eigenvalue weighted by atomic mass is 32.2. The number of para-hydroxylation sites is 1. The van der Waals surface area contributed by atoms with E-state index in [2.05, 4.69) is 15.3 Å². The summed E-state index contributed by atoms with van der Waals surface area (Å²) in [6, 6.07) is 8.58. The Bertz CT molecular complexity index is 972. The summed E-state index contributed by atoms with van der Waals surface area (Å²) in [7, 11) is -1.86. The summed E-state index contributed by atoms with van der Waals surface area (Å²) >= 11 is 0. The number of carbonyl (C=O) groups is 1. The minimum Gasteiger partial charge on any atom is -0.467 e. The molecule has 1 heterocycles. The molecule has 1 N–H and O–H groups in total. The molecule has 1 aromatic carbocycles. The van der Waals surface area contributed by atoms with E-state index in [1.807, 2.05) is 6.07 Å². The molecule has 0 saturated heterocycles. The lowest BCUT2D eigenvalue weighted by Gasteiger charge is -2.16. The molecule has 1 aliphatic rings. The molecule has 0 bridgehead atoms. The van der Waals surface area contributed by atoms with Gasteiger partial charge in [0.15, 0.2) is 9.84 Å². The predicted octanol–water partition coefficient (Wildman–Crippen LogP) is 2.34. The smallest absolute Gasteiger partial charge is 0.319 e. The summed E-state index contributed by atoms with van der Waals surface area (Å²) in [4.78, 5) is 20.9. The van der Waals surface area contributed by atoms with Gasteiger partial charge in [-0.05, 0) is 30.9 Å². The van der Waals surface area contributed by atoms with Gasteiger partial charge in [0.05, 0.1) is 19.3 Å². The standard InChI is InChI=1S/C19H21N3O5S/c1-26-19-20-12-15(18(22-19)27-14-6-4-3-5-7-14)17(23)21-16(13-8-9-13)10-11-28(2,24)25/h3-7,10-13,16H,8-9H2,1-2H3,(H,21,23)/b11-10+/t16-/m1/s1. The van der Waals surface area contributed by atoms with Crippen LogP contribution in [0.3, 0.4) is 0 Å². The summed E-state index contributed by atoms with van der Waals surface area (Å²) in [5.74, 6) is 0.313. The molecule has 8 nitrogen and oxygen atoms in total. The van der Waals surface area contributed by atoms with Gasteiger partial charge in [0.2, 0.25) is 5.88 Å². The zero-order valence-electron chi connectivity index (χ0n) is 15.5. The van der Waals surface area contributed by atoms with Crippen molar-refractivity contribution >= 4 is 15.7 Å². The third kappa shape index (κ3) is 5.53. The lowest BCUT2D eigenvalue weighted by Crippen LogP contribution is -2.35. The largest absolute Gasteiger partial charge is 0.467 e. The van der Waals surface area contributed by atoms with E-state index < -0.39 is 21.8 Å². The molecule has 3 rings (SSSR count). The Balaban J connectivity index is 1.84. The molecule has 1 fully saturated rings. The second-order valence-electron chi connectivity index (χ2n) is 6.49. The molecule has 1 aliphatic carbocycles. The molecule has 2 aromatic rings. The molecular weight excluding hydrogens is 382 g/mol. The minimum absolute atomic E-state index is 0.0530. The summed E-state index contributed by atoms with van der Waals surface area (Å²) in [6.07, 6.45) is 5.78. The summed E-state index contributed by atoms with van der Waals surface area (Å²) in [5, 5.41) is 3.95. The van der Waals surface area contributed by atoms with Crippen molar-refractivity contribution in [3.63, 3.8) is 0 Å². The van der Waals surface area contributed by atoms with Gasteiger partial charge in [-0.25, -0.2) is 13.4 Å². The average Bonchev–Trinajstić information content (AvgIpc) is 3.50. The summed E-state index contributed by atoms with van der Waals surface area (Å²) < 4.78 is 33.6. The Labute approximate surface area is 163 Å². The van der Waals surface area contributed by atoms with Gasteiger partial charge in [0.1, 0.15) is 11.3 Å². The van der Waals surface area contributed by atoms with E-state index in [1.165, 1.54) is 19.4 Å². The number of aromatic nitrogens is 2. The van der Waals surface area contributed by atoms with Crippen LogP contribution in [0, 0.1) is 5.92 Å². The van der Waals surface area contributed by atoms with E-state index in [0.717, 1.165) is 24.5 Å². The van der Waals surface area contributed by atoms with Crippen LogP contribution in [-0.4, -0.2) is 43.7 Å². The molecule has 28 heavy (non-hydrogen) atoms. The maximum Gasteiger partial charge on any atom is 0.319 e. The van der Waals surface area contributed by atoms with Crippen LogP contribution in [0.15, 0.2) is 48.0 Å². The first-order chi connectivity index (χ1) is 13.4. The number of ether oxygens (including phenoxy) is 2. The highest BCUT2D eigenvalue weighted by molar-refractivity contribution is 7.93. The maximum atomic E-state index is 12.8. The maximum absolute atomic E-state index is 12.8. The fourth-order valence-electron chi connectivity index (χ4n) is 2.52. The fourth-order valence-corrected chi connectivity index (χ4v) is 2.97. The van der Waals surface area contributed by atoms with Gasteiger partial charge in [0, 0.05) is 11.7 Å². The number of amides is 1. The SMILES string of the molecule is COc1ncc(C(=O)N[C@H](/C=C/S(C)(=O)=O)C2CC2)c(Oc2ccccc2)n1. The van der Waals surface area contributed by atoms with Crippen LogP contribution in [0.5, 0.6) is 17.6 Å². The first-order valence-corrected chi connectivity index (χ1v) is 10.6. The number of hydrogen-bond acceptors (Lipinski definition) is 7. The Morgan fingerprint density at radius 3 is 2.61 bits per heavy atom. The number of hydrogen-bond donors (Lipinski definition) is 1. The van der Waals surface area contributed by atoms with E-state index >= 15 is 0 Å². The second kappa shape index (κ2) is 8.39. The summed E-state index contributed by atoms with van der Waals surface area (Å²) in [6.45, 7) is 0. The van der Waals surface area contributed by atoms with Crippen molar-refractivity contribution in [3.05, 3.63) is 53.6 Å². The Morgan fingerprint density at radius 2 is 2.00 bits per heavy atom. The van der Waals surface area contributed by atoms with Crippen LogP contribution in [-0.2, 0) is 9.84 Å². The van der Waals surface area contributed by atoms with E-state index in [-0.39, 0.29) is 23.4 Å². The lowest BCUT2D eigenvalue weighted by molar-refractivity contribution is 0.0937. The second-order valence-corrected chi connectivity index (χ2v) is 8.42. The van der Waals surface area contributed by atoms with Crippen molar-refractivity contribution < 1.29 is 22.7 Å². The van der Waals surface area contributed by atoms with Crippen molar-refractivity contribution in [1.29, 1.82) is 0 Å². The molecule has 0 radical (unpaired) electrons. The molecule has 1 amide bonds. The predicted molar refractivity (Wildman–Crippen MR) is 103 cm³/mol. The van der Waals surface area contributed by atoms with Crippen LogP contribution in [0.2, 0.25) is 0 Å².